The first-order valence-corrected chi connectivity index (χ1v) is 4.91. The Bertz CT molecular complexity index is 533. The molecule has 1 aromatic carbocycles. The Kier molecular flexibility index (Phi) is 2.62. The number of fused-ring (bicyclic) bond motifs is 1. The Hall–Kier alpha value is -1.88. The van der Waals surface area contributed by atoms with Crippen molar-refractivity contribution in [1.82, 2.24) is 10.2 Å². The van der Waals surface area contributed by atoms with Crippen molar-refractivity contribution in [1.29, 1.82) is 0 Å². The van der Waals surface area contributed by atoms with E-state index in [1.54, 1.807) is 6.20 Å². The van der Waals surface area contributed by atoms with Crippen LogP contribution >= 0.6 is 0 Å². The Morgan fingerprint density at radius 1 is 1.56 bits per heavy atom. The molecule has 84 valence electrons. The van der Waals surface area contributed by atoms with E-state index in [-0.39, 0.29) is 6.42 Å². The number of benzene rings is 1. The predicted molar refractivity (Wildman–Crippen MR) is 58.2 cm³/mol. The van der Waals surface area contributed by atoms with Gasteiger partial charge in [0.05, 0.1) is 11.7 Å². The minimum absolute atomic E-state index is 0.108. The molecule has 2 aromatic rings. The van der Waals surface area contributed by atoms with E-state index in [0.29, 0.717) is 0 Å². The average Bonchev–Trinajstić information content (AvgIpc) is 2.65. The number of carbonyl (C=O) groups is 1. The third-order valence-corrected chi connectivity index (χ3v) is 2.52. The molecule has 0 fully saturated rings. The van der Waals surface area contributed by atoms with Gasteiger partial charge in [0.1, 0.15) is 0 Å². The van der Waals surface area contributed by atoms with Crippen molar-refractivity contribution < 1.29 is 15.0 Å². The highest BCUT2D eigenvalue weighted by Gasteiger charge is 2.14. The minimum Gasteiger partial charge on any atom is -0.479 e. The summed E-state index contributed by atoms with van der Waals surface area (Å²) < 4.78 is 0. The fraction of sp³-hybridized carbons (Fsp3) is 0.273. The second-order valence-corrected chi connectivity index (χ2v) is 3.81. The second-order valence-electron chi connectivity index (χ2n) is 3.81. The standard InChI is InChI=1S/C11H12N2O3/c1-6-2-7(4-9(14)11(15)16)3-8-5-12-13-10(6)8/h2-3,5,9,14H,4H2,1H3,(H,12,13)(H,15,16). The second kappa shape index (κ2) is 3.94. The number of carboxylic acids is 1. The number of aromatic nitrogens is 2. The molecule has 16 heavy (non-hydrogen) atoms. The summed E-state index contributed by atoms with van der Waals surface area (Å²) in [7, 11) is 0. The highest BCUT2D eigenvalue weighted by Crippen LogP contribution is 2.19. The molecule has 0 aliphatic rings. The molecule has 5 heteroatoms. The van der Waals surface area contributed by atoms with Gasteiger partial charge in [0, 0.05) is 11.8 Å². The normalized spacial score (nSPS) is 12.9. The van der Waals surface area contributed by atoms with Gasteiger partial charge in [-0.2, -0.15) is 5.10 Å². The summed E-state index contributed by atoms with van der Waals surface area (Å²) in [4.78, 5) is 10.5. The molecule has 1 unspecified atom stereocenters. The fourth-order valence-electron chi connectivity index (χ4n) is 1.74. The molecule has 1 heterocycles. The molecule has 0 aliphatic carbocycles. The summed E-state index contributed by atoms with van der Waals surface area (Å²) in [5.41, 5.74) is 2.72. The summed E-state index contributed by atoms with van der Waals surface area (Å²) >= 11 is 0. The van der Waals surface area contributed by atoms with E-state index in [1.807, 2.05) is 19.1 Å². The van der Waals surface area contributed by atoms with Crippen LogP contribution in [0.15, 0.2) is 18.3 Å². The van der Waals surface area contributed by atoms with E-state index in [9.17, 15) is 9.90 Å². The number of carboxylic acid groups (broad SMARTS) is 1. The maximum absolute atomic E-state index is 10.5. The molecule has 0 saturated heterocycles. The number of aliphatic hydroxyl groups is 1. The first-order valence-electron chi connectivity index (χ1n) is 4.91. The van der Waals surface area contributed by atoms with Gasteiger partial charge in [-0.05, 0) is 24.1 Å². The van der Waals surface area contributed by atoms with Crippen LogP contribution in [-0.4, -0.2) is 32.5 Å². The van der Waals surface area contributed by atoms with Gasteiger partial charge < -0.3 is 10.2 Å². The zero-order valence-corrected chi connectivity index (χ0v) is 8.77. The van der Waals surface area contributed by atoms with Crippen LogP contribution in [0.25, 0.3) is 10.9 Å². The van der Waals surface area contributed by atoms with Crippen LogP contribution in [0.3, 0.4) is 0 Å². The van der Waals surface area contributed by atoms with Crippen LogP contribution in [-0.2, 0) is 11.2 Å². The molecule has 0 spiro atoms. The summed E-state index contributed by atoms with van der Waals surface area (Å²) in [6.45, 7) is 1.91. The van der Waals surface area contributed by atoms with Crippen LogP contribution < -0.4 is 0 Å². The number of aliphatic hydroxyl groups excluding tert-OH is 1. The number of H-pyrrole nitrogens is 1. The predicted octanol–water partition coefficient (Wildman–Crippen LogP) is 0.859. The van der Waals surface area contributed by atoms with Gasteiger partial charge in [0.2, 0.25) is 0 Å². The number of aliphatic carboxylic acids is 1. The van der Waals surface area contributed by atoms with E-state index >= 15 is 0 Å². The number of rotatable bonds is 3. The van der Waals surface area contributed by atoms with Gasteiger partial charge in [-0.3, -0.25) is 5.10 Å². The smallest absolute Gasteiger partial charge is 0.332 e. The molecular formula is C11H12N2O3. The first kappa shape index (κ1) is 10.6. The molecule has 1 aromatic heterocycles. The lowest BCUT2D eigenvalue weighted by molar-refractivity contribution is -0.146. The number of hydrogen-bond acceptors (Lipinski definition) is 3. The quantitative estimate of drug-likeness (QED) is 0.716. The van der Waals surface area contributed by atoms with E-state index in [2.05, 4.69) is 10.2 Å². The lowest BCUT2D eigenvalue weighted by Gasteiger charge is -2.06. The summed E-state index contributed by atoms with van der Waals surface area (Å²) in [6, 6.07) is 3.69. The number of aryl methyl sites for hydroxylation is 1. The third-order valence-electron chi connectivity index (χ3n) is 2.52. The van der Waals surface area contributed by atoms with Crippen LogP contribution in [0.4, 0.5) is 0 Å². The maximum Gasteiger partial charge on any atom is 0.332 e. The summed E-state index contributed by atoms with van der Waals surface area (Å²) in [5.74, 6) is -1.20. The SMILES string of the molecule is Cc1cc(CC(O)C(=O)O)cc2cn[nH]c12. The van der Waals surface area contributed by atoms with Gasteiger partial charge in [0.25, 0.3) is 0 Å². The average molecular weight is 220 g/mol. The van der Waals surface area contributed by atoms with Crippen molar-refractivity contribution in [2.24, 2.45) is 0 Å². The minimum atomic E-state index is -1.36. The Labute approximate surface area is 91.7 Å². The molecule has 5 nitrogen and oxygen atoms in total. The summed E-state index contributed by atoms with van der Waals surface area (Å²) in [6.07, 6.45) is 0.430. The van der Waals surface area contributed by atoms with E-state index < -0.39 is 12.1 Å². The van der Waals surface area contributed by atoms with Crippen molar-refractivity contribution in [2.75, 3.05) is 0 Å². The van der Waals surface area contributed by atoms with Crippen molar-refractivity contribution in [2.45, 2.75) is 19.4 Å². The maximum atomic E-state index is 10.5. The molecule has 0 bridgehead atoms. The number of hydrogen-bond donors (Lipinski definition) is 3. The highest BCUT2D eigenvalue weighted by molar-refractivity contribution is 5.82. The monoisotopic (exact) mass is 220 g/mol. The third kappa shape index (κ3) is 1.90. The number of nitrogens with one attached hydrogen (secondary N) is 1. The Morgan fingerprint density at radius 2 is 2.31 bits per heavy atom. The molecule has 0 amide bonds. The van der Waals surface area contributed by atoms with Crippen molar-refractivity contribution >= 4 is 16.9 Å². The number of nitrogens with zero attached hydrogens (tertiary/aromatic N) is 1. The molecule has 0 saturated carbocycles. The fourth-order valence-corrected chi connectivity index (χ4v) is 1.74. The zero-order chi connectivity index (χ0) is 11.7. The lowest BCUT2D eigenvalue weighted by atomic mass is 10.0. The Balaban J connectivity index is 2.35. The molecular weight excluding hydrogens is 208 g/mol. The topological polar surface area (TPSA) is 86.2 Å². The summed E-state index contributed by atoms with van der Waals surface area (Å²) in [5, 5.41) is 25.6. The van der Waals surface area contributed by atoms with Gasteiger partial charge in [-0.25, -0.2) is 4.79 Å². The Morgan fingerprint density at radius 3 is 3.00 bits per heavy atom. The van der Waals surface area contributed by atoms with Gasteiger partial charge >= 0.3 is 5.97 Å². The van der Waals surface area contributed by atoms with Gasteiger partial charge in [-0.1, -0.05) is 6.07 Å². The van der Waals surface area contributed by atoms with Gasteiger partial charge in [-0.15, -0.1) is 0 Å². The molecule has 0 aliphatic heterocycles. The first-order chi connectivity index (χ1) is 7.58. The van der Waals surface area contributed by atoms with E-state index in [0.717, 1.165) is 22.0 Å². The molecule has 3 N–H and O–H groups in total. The van der Waals surface area contributed by atoms with Crippen molar-refractivity contribution in [3.05, 3.63) is 29.5 Å². The largest absolute Gasteiger partial charge is 0.479 e. The molecule has 0 radical (unpaired) electrons. The zero-order valence-electron chi connectivity index (χ0n) is 8.77. The highest BCUT2D eigenvalue weighted by atomic mass is 16.4. The lowest BCUT2D eigenvalue weighted by Crippen LogP contribution is -2.21. The van der Waals surface area contributed by atoms with Crippen molar-refractivity contribution in [3.63, 3.8) is 0 Å². The van der Waals surface area contributed by atoms with Crippen molar-refractivity contribution in [3.8, 4) is 0 Å². The van der Waals surface area contributed by atoms with E-state index in [1.165, 1.54) is 0 Å². The molecule has 1 atom stereocenters. The van der Waals surface area contributed by atoms with E-state index in [4.69, 9.17) is 5.11 Å². The van der Waals surface area contributed by atoms with Crippen LogP contribution in [0.5, 0.6) is 0 Å². The van der Waals surface area contributed by atoms with Gasteiger partial charge in [0.15, 0.2) is 6.10 Å². The van der Waals surface area contributed by atoms with Crippen LogP contribution in [0, 0.1) is 6.92 Å². The van der Waals surface area contributed by atoms with Crippen LogP contribution in [0.2, 0.25) is 0 Å². The molecule has 2 rings (SSSR count). The number of aromatic amines is 1. The van der Waals surface area contributed by atoms with Crippen LogP contribution in [0.1, 0.15) is 11.1 Å².